The Bertz CT molecular complexity index is 481. The number of carbonyl (C=O) groups excluding carboxylic acids is 1. The van der Waals surface area contributed by atoms with Crippen molar-refractivity contribution in [3.8, 4) is 0 Å². The molecule has 0 saturated carbocycles. The monoisotopic (exact) mass is 294 g/mol. The minimum Gasteiger partial charge on any atom is -0.382 e. The van der Waals surface area contributed by atoms with Crippen molar-refractivity contribution in [3.05, 3.63) is 29.8 Å². The molecule has 4 nitrogen and oxygen atoms in total. The van der Waals surface area contributed by atoms with Crippen LogP contribution in [0.4, 0.5) is 5.69 Å². The van der Waals surface area contributed by atoms with Gasteiger partial charge in [-0.2, -0.15) is 0 Å². The molecule has 1 heterocycles. The number of nitrogens with one attached hydrogen (secondary N) is 2. The second-order valence-corrected chi connectivity index (χ2v) is 6.80. The Balaban J connectivity index is 1.95. The largest absolute Gasteiger partial charge is 0.382 e. The first-order chi connectivity index (χ1) is 9.69. The molecule has 2 N–H and O–H groups in total. The van der Waals surface area contributed by atoms with Gasteiger partial charge >= 0.3 is 0 Å². The zero-order valence-corrected chi connectivity index (χ0v) is 12.7. The lowest BCUT2D eigenvalue weighted by atomic mass is 10.1. The molecule has 1 aliphatic heterocycles. The first-order valence-corrected chi connectivity index (χ1v) is 8.67. The van der Waals surface area contributed by atoms with Crippen molar-refractivity contribution < 1.29 is 9.00 Å². The molecule has 0 spiro atoms. The molecule has 110 valence electrons. The molecule has 0 radical (unpaired) electrons. The van der Waals surface area contributed by atoms with E-state index in [1.165, 1.54) is 0 Å². The van der Waals surface area contributed by atoms with Gasteiger partial charge in [-0.25, -0.2) is 0 Å². The van der Waals surface area contributed by atoms with Crippen molar-refractivity contribution in [2.24, 2.45) is 0 Å². The van der Waals surface area contributed by atoms with Crippen LogP contribution in [0.15, 0.2) is 24.3 Å². The summed E-state index contributed by atoms with van der Waals surface area (Å²) in [6, 6.07) is 7.94. The Morgan fingerprint density at radius 3 is 2.80 bits per heavy atom. The standard InChI is InChI=1S/C15H22N2O2S/c1-2-8-16-15(18)12-4-3-5-14(11-12)17-13-6-9-20(19)10-7-13/h3-5,11,13,17H,2,6-10H2,1H3,(H,16,18). The summed E-state index contributed by atoms with van der Waals surface area (Å²) in [5, 5.41) is 6.32. The first-order valence-electron chi connectivity index (χ1n) is 7.19. The van der Waals surface area contributed by atoms with Gasteiger partial charge in [-0.05, 0) is 37.5 Å². The van der Waals surface area contributed by atoms with Gasteiger partial charge in [0.15, 0.2) is 0 Å². The molecule has 5 heteroatoms. The molecule has 1 amide bonds. The zero-order valence-electron chi connectivity index (χ0n) is 11.9. The lowest BCUT2D eigenvalue weighted by Crippen LogP contribution is -2.29. The Morgan fingerprint density at radius 2 is 2.10 bits per heavy atom. The van der Waals surface area contributed by atoms with Crippen LogP contribution in [-0.4, -0.2) is 34.2 Å². The third kappa shape index (κ3) is 4.34. The fourth-order valence-electron chi connectivity index (χ4n) is 2.26. The van der Waals surface area contributed by atoms with Gasteiger partial charge in [0, 0.05) is 46.1 Å². The highest BCUT2D eigenvalue weighted by Crippen LogP contribution is 2.17. The van der Waals surface area contributed by atoms with Crippen LogP contribution in [-0.2, 0) is 10.8 Å². The molecule has 0 unspecified atom stereocenters. The van der Waals surface area contributed by atoms with Crippen LogP contribution in [0.3, 0.4) is 0 Å². The van der Waals surface area contributed by atoms with E-state index in [4.69, 9.17) is 0 Å². The van der Waals surface area contributed by atoms with Crippen molar-refractivity contribution in [2.75, 3.05) is 23.4 Å². The fraction of sp³-hybridized carbons (Fsp3) is 0.533. The van der Waals surface area contributed by atoms with Crippen molar-refractivity contribution in [2.45, 2.75) is 32.2 Å². The number of amides is 1. The van der Waals surface area contributed by atoms with E-state index in [1.807, 2.05) is 31.2 Å². The molecule has 1 aromatic carbocycles. The summed E-state index contributed by atoms with van der Waals surface area (Å²) in [6.07, 6.45) is 2.79. The molecule has 1 aliphatic rings. The van der Waals surface area contributed by atoms with Gasteiger partial charge in [0.2, 0.25) is 0 Å². The lowest BCUT2D eigenvalue weighted by Gasteiger charge is -2.23. The Kier molecular flexibility index (Phi) is 5.59. The van der Waals surface area contributed by atoms with Gasteiger partial charge in [0.25, 0.3) is 5.91 Å². The van der Waals surface area contributed by atoms with Crippen LogP contribution in [0, 0.1) is 0 Å². The van der Waals surface area contributed by atoms with Gasteiger partial charge in [-0.3, -0.25) is 9.00 Å². The van der Waals surface area contributed by atoms with E-state index in [2.05, 4.69) is 10.6 Å². The van der Waals surface area contributed by atoms with E-state index in [0.29, 0.717) is 18.2 Å². The summed E-state index contributed by atoms with van der Waals surface area (Å²) >= 11 is 0. The van der Waals surface area contributed by atoms with E-state index in [1.54, 1.807) is 0 Å². The lowest BCUT2D eigenvalue weighted by molar-refractivity contribution is 0.0953. The smallest absolute Gasteiger partial charge is 0.251 e. The van der Waals surface area contributed by atoms with Gasteiger partial charge in [-0.15, -0.1) is 0 Å². The molecule has 0 aliphatic carbocycles. The highest BCUT2D eigenvalue weighted by atomic mass is 32.2. The summed E-state index contributed by atoms with van der Waals surface area (Å²) < 4.78 is 11.3. The van der Waals surface area contributed by atoms with Gasteiger partial charge < -0.3 is 10.6 Å². The van der Waals surface area contributed by atoms with Crippen LogP contribution in [0.25, 0.3) is 0 Å². The van der Waals surface area contributed by atoms with Crippen molar-refractivity contribution in [1.29, 1.82) is 0 Å². The average molecular weight is 294 g/mol. The normalized spacial score (nSPS) is 22.2. The Hall–Kier alpha value is -1.36. The summed E-state index contributed by atoms with van der Waals surface area (Å²) in [7, 11) is -0.639. The van der Waals surface area contributed by atoms with Crippen LogP contribution in [0.2, 0.25) is 0 Å². The van der Waals surface area contributed by atoms with Gasteiger partial charge in [0.05, 0.1) is 0 Å². The number of benzene rings is 1. The Morgan fingerprint density at radius 1 is 1.35 bits per heavy atom. The van der Waals surface area contributed by atoms with E-state index < -0.39 is 10.8 Å². The zero-order chi connectivity index (χ0) is 14.4. The van der Waals surface area contributed by atoms with Crippen LogP contribution in [0.5, 0.6) is 0 Å². The van der Waals surface area contributed by atoms with E-state index >= 15 is 0 Å². The molecule has 20 heavy (non-hydrogen) atoms. The third-order valence-electron chi connectivity index (χ3n) is 3.42. The predicted octanol–water partition coefficient (Wildman–Crippen LogP) is 2.15. The number of carbonyl (C=O) groups is 1. The fourth-order valence-corrected chi connectivity index (χ4v) is 3.56. The quantitative estimate of drug-likeness (QED) is 0.875. The number of anilines is 1. The third-order valence-corrected chi connectivity index (χ3v) is 4.80. The molecular weight excluding hydrogens is 272 g/mol. The number of hydrogen-bond donors (Lipinski definition) is 2. The SMILES string of the molecule is CCCNC(=O)c1cccc(NC2CCS(=O)CC2)c1. The molecule has 0 bridgehead atoms. The van der Waals surface area contributed by atoms with Crippen molar-refractivity contribution >= 4 is 22.4 Å². The minimum atomic E-state index is -0.639. The van der Waals surface area contributed by atoms with Crippen molar-refractivity contribution in [3.63, 3.8) is 0 Å². The predicted molar refractivity (Wildman–Crippen MR) is 83.6 cm³/mol. The first kappa shape index (κ1) is 15.0. The van der Waals surface area contributed by atoms with Crippen molar-refractivity contribution in [1.82, 2.24) is 5.32 Å². The molecule has 0 aromatic heterocycles. The molecule has 0 atom stereocenters. The van der Waals surface area contributed by atoms with Crippen LogP contribution >= 0.6 is 0 Å². The maximum absolute atomic E-state index is 11.9. The summed E-state index contributed by atoms with van der Waals surface area (Å²) in [5.41, 5.74) is 1.65. The summed E-state index contributed by atoms with van der Waals surface area (Å²) in [6.45, 7) is 2.73. The molecular formula is C15H22N2O2S. The summed E-state index contributed by atoms with van der Waals surface area (Å²) in [4.78, 5) is 11.9. The molecule has 1 saturated heterocycles. The highest BCUT2D eigenvalue weighted by Gasteiger charge is 2.17. The molecule has 1 fully saturated rings. The van der Waals surface area contributed by atoms with E-state index in [-0.39, 0.29) is 5.91 Å². The second-order valence-electron chi connectivity index (χ2n) is 5.10. The maximum atomic E-state index is 11.9. The van der Waals surface area contributed by atoms with Gasteiger partial charge in [-0.1, -0.05) is 13.0 Å². The number of hydrogen-bond acceptors (Lipinski definition) is 3. The second kappa shape index (κ2) is 7.43. The summed E-state index contributed by atoms with van der Waals surface area (Å²) in [5.74, 6) is 1.52. The van der Waals surface area contributed by atoms with Crippen LogP contribution < -0.4 is 10.6 Å². The Labute approximate surface area is 122 Å². The number of rotatable bonds is 5. The average Bonchev–Trinajstić information content (AvgIpc) is 2.47. The van der Waals surface area contributed by atoms with Crippen LogP contribution in [0.1, 0.15) is 36.5 Å². The topological polar surface area (TPSA) is 58.2 Å². The van der Waals surface area contributed by atoms with E-state index in [0.717, 1.165) is 36.5 Å². The molecule has 2 rings (SSSR count). The molecule has 1 aromatic rings. The maximum Gasteiger partial charge on any atom is 0.251 e. The van der Waals surface area contributed by atoms with E-state index in [9.17, 15) is 9.00 Å². The highest BCUT2D eigenvalue weighted by molar-refractivity contribution is 7.85. The van der Waals surface area contributed by atoms with Gasteiger partial charge in [0.1, 0.15) is 0 Å². The minimum absolute atomic E-state index is 0.0275.